The Kier molecular flexibility index (Phi) is 8.38. The predicted octanol–water partition coefficient (Wildman–Crippen LogP) is 1.94. The Bertz CT molecular complexity index is 1830. The van der Waals surface area contributed by atoms with E-state index in [-0.39, 0.29) is 48.5 Å². The molecule has 2 aliphatic rings. The van der Waals surface area contributed by atoms with Crippen LogP contribution in [0.4, 0.5) is 11.6 Å². The Labute approximate surface area is 252 Å². The van der Waals surface area contributed by atoms with Gasteiger partial charge in [-0.3, -0.25) is 13.9 Å². The molecule has 0 radical (unpaired) electrons. The van der Waals surface area contributed by atoms with E-state index in [1.807, 2.05) is 0 Å². The first kappa shape index (κ1) is 30.2. The zero-order chi connectivity index (χ0) is 30.5. The standard InChI is InChI=1S/C22H25N9O8P2S2/c1-10(41(35,42)37-6-11-2-3-14(38-11)30-9-29-15-17(23)25-7-27-19(15)30)13-4-12(5-36-40(33)34)39-21(13)31-20-16(43-22(31)32)18(24)26-8-28-20/h7-9,11-14,21H,1-6H2,(H5-,23,24,25,26,27,28,33,34,35,42)/p+1/t11-,12-,13-,14+,21+,41?/m0/s1. The average molecular weight is 671 g/mol. The van der Waals surface area contributed by atoms with Crippen LogP contribution < -0.4 is 16.3 Å². The third-order valence-electron chi connectivity index (χ3n) is 7.25. The highest BCUT2D eigenvalue weighted by Crippen LogP contribution is 2.58. The quantitative estimate of drug-likeness (QED) is 0.176. The van der Waals surface area contributed by atoms with Crippen LogP contribution in [0.15, 0.2) is 35.7 Å². The number of aromatic nitrogens is 7. The van der Waals surface area contributed by atoms with Gasteiger partial charge in [0, 0.05) is 15.8 Å². The molecule has 0 amide bonds. The monoisotopic (exact) mass is 670 g/mol. The lowest BCUT2D eigenvalue weighted by Gasteiger charge is -2.27. The molecular formula is C22H26N9O8P2S2+. The molecule has 7 atom stereocenters. The summed E-state index contributed by atoms with van der Waals surface area (Å²) in [6, 6.07) is 0. The maximum Gasteiger partial charge on any atom is 0.694 e. The second kappa shape index (κ2) is 11.9. The zero-order valence-electron chi connectivity index (χ0n) is 22.2. The highest BCUT2D eigenvalue weighted by atomic mass is 32.5. The van der Waals surface area contributed by atoms with E-state index in [0.717, 1.165) is 11.3 Å². The van der Waals surface area contributed by atoms with Gasteiger partial charge in [0.05, 0.1) is 25.1 Å². The molecule has 0 saturated carbocycles. The number of nitrogens with two attached hydrogens (primary N) is 2. The van der Waals surface area contributed by atoms with Crippen molar-refractivity contribution in [3.63, 3.8) is 0 Å². The van der Waals surface area contributed by atoms with Crippen molar-refractivity contribution in [2.24, 2.45) is 5.92 Å². The van der Waals surface area contributed by atoms with Crippen molar-refractivity contribution >= 4 is 71.0 Å². The van der Waals surface area contributed by atoms with E-state index in [1.54, 1.807) is 10.9 Å². The number of fused-ring (bicyclic) bond motifs is 2. The minimum atomic E-state index is -3.69. The Hall–Kier alpha value is -2.83. The normalized spacial score (nSPS) is 25.8. The molecule has 2 aliphatic heterocycles. The molecule has 17 nitrogen and oxygen atoms in total. The molecule has 0 bridgehead atoms. The van der Waals surface area contributed by atoms with E-state index in [4.69, 9.17) is 46.7 Å². The first-order valence-corrected chi connectivity index (χ1v) is 17.5. The van der Waals surface area contributed by atoms with Crippen LogP contribution in [-0.4, -0.2) is 69.3 Å². The second-order valence-electron chi connectivity index (χ2n) is 9.85. The molecule has 6 heterocycles. The Morgan fingerprint density at radius 1 is 1.14 bits per heavy atom. The van der Waals surface area contributed by atoms with Gasteiger partial charge in [-0.15, -0.1) is 9.42 Å². The van der Waals surface area contributed by atoms with Gasteiger partial charge in [-0.2, -0.15) is 0 Å². The van der Waals surface area contributed by atoms with Crippen molar-refractivity contribution in [3.05, 3.63) is 40.5 Å². The van der Waals surface area contributed by atoms with Crippen molar-refractivity contribution < 1.29 is 32.9 Å². The van der Waals surface area contributed by atoms with E-state index in [0.29, 0.717) is 28.7 Å². The van der Waals surface area contributed by atoms with Gasteiger partial charge in [-0.25, -0.2) is 24.9 Å². The fraction of sp³-hybridized carbons (Fsp3) is 0.455. The van der Waals surface area contributed by atoms with Crippen molar-refractivity contribution in [2.45, 2.75) is 43.9 Å². The molecule has 0 spiro atoms. The molecule has 43 heavy (non-hydrogen) atoms. The number of nitrogen functional groups attached to an aromatic ring is 2. The molecule has 21 heteroatoms. The minimum absolute atomic E-state index is 0.0199. The van der Waals surface area contributed by atoms with Crippen LogP contribution in [0.25, 0.3) is 21.5 Å². The van der Waals surface area contributed by atoms with E-state index in [9.17, 15) is 14.3 Å². The molecule has 228 valence electrons. The van der Waals surface area contributed by atoms with Gasteiger partial charge in [0.25, 0.3) is 0 Å². The average Bonchev–Trinajstić information content (AvgIpc) is 3.75. The van der Waals surface area contributed by atoms with Gasteiger partial charge in [-0.1, -0.05) is 17.9 Å². The fourth-order valence-corrected chi connectivity index (χ4v) is 8.14. The summed E-state index contributed by atoms with van der Waals surface area (Å²) in [5.41, 5.74) is 13.1. The van der Waals surface area contributed by atoms with Crippen LogP contribution in [0.3, 0.4) is 0 Å². The molecule has 4 aromatic heterocycles. The largest absolute Gasteiger partial charge is 0.694 e. The van der Waals surface area contributed by atoms with Crippen molar-refractivity contribution in [2.75, 3.05) is 24.7 Å². The second-order valence-corrected chi connectivity index (χ2v) is 14.9. The van der Waals surface area contributed by atoms with Crippen molar-refractivity contribution in [3.8, 4) is 0 Å². The molecule has 0 aliphatic carbocycles. The Morgan fingerprint density at radius 3 is 2.65 bits per heavy atom. The van der Waals surface area contributed by atoms with Crippen LogP contribution in [0.2, 0.25) is 0 Å². The number of anilines is 2. The summed E-state index contributed by atoms with van der Waals surface area (Å²) in [6.07, 6.45) is 3.04. The summed E-state index contributed by atoms with van der Waals surface area (Å²) in [6.45, 7) is 0.104. The highest BCUT2D eigenvalue weighted by molar-refractivity contribution is 8.11. The number of rotatable bonds is 10. The number of hydrogen-bond donors (Lipinski definition) is 4. The van der Waals surface area contributed by atoms with Crippen LogP contribution in [-0.2, 0) is 34.9 Å². The third kappa shape index (κ3) is 5.85. The number of hydrogen-bond acceptors (Lipinski definition) is 15. The first-order chi connectivity index (χ1) is 20.5. The molecular weight excluding hydrogens is 644 g/mol. The first-order valence-electron chi connectivity index (χ1n) is 12.8. The summed E-state index contributed by atoms with van der Waals surface area (Å²) >= 11 is 6.38. The Morgan fingerprint density at radius 2 is 1.88 bits per heavy atom. The number of thiazole rings is 1. The topological polar surface area (TPSA) is 238 Å². The number of imidazole rings is 1. The van der Waals surface area contributed by atoms with Gasteiger partial charge < -0.3 is 30.4 Å². The van der Waals surface area contributed by atoms with E-state index < -0.39 is 44.0 Å². The number of nitrogens with zero attached hydrogens (tertiary/aromatic N) is 7. The van der Waals surface area contributed by atoms with Gasteiger partial charge >= 0.3 is 13.1 Å². The van der Waals surface area contributed by atoms with Crippen molar-refractivity contribution in [1.29, 1.82) is 0 Å². The molecule has 2 saturated heterocycles. The van der Waals surface area contributed by atoms with E-state index in [2.05, 4.69) is 31.5 Å². The number of ether oxygens (including phenoxy) is 2. The molecule has 0 aromatic carbocycles. The summed E-state index contributed by atoms with van der Waals surface area (Å²) in [7, 11) is -2.88. The summed E-state index contributed by atoms with van der Waals surface area (Å²) in [4.78, 5) is 53.8. The van der Waals surface area contributed by atoms with Crippen molar-refractivity contribution in [1.82, 2.24) is 34.1 Å². The maximum absolute atomic E-state index is 13.1. The molecule has 4 aromatic rings. The SMILES string of the molecule is C=C([C@@H]1C[C@@H](CO[P+](=O)O)O[C@H]1n1c(=O)sc2c(N)ncnc21)P(O)(=S)OC[C@@H]1CC[C@H](n2cnc3c(N)ncnc32)O1. The van der Waals surface area contributed by atoms with Crippen LogP contribution in [0.1, 0.15) is 31.7 Å². The van der Waals surface area contributed by atoms with Gasteiger partial charge in [-0.05, 0) is 31.1 Å². The highest BCUT2D eigenvalue weighted by Gasteiger charge is 2.45. The molecule has 2 unspecified atom stereocenters. The predicted molar refractivity (Wildman–Crippen MR) is 158 cm³/mol. The van der Waals surface area contributed by atoms with Gasteiger partial charge in [0.15, 0.2) is 17.1 Å². The maximum atomic E-state index is 13.1. The van der Waals surface area contributed by atoms with Crippen LogP contribution in [0.5, 0.6) is 0 Å². The van der Waals surface area contributed by atoms with E-state index in [1.165, 1.54) is 17.2 Å². The fourth-order valence-electron chi connectivity index (χ4n) is 5.21. The lowest BCUT2D eigenvalue weighted by Crippen LogP contribution is -2.26. The lowest BCUT2D eigenvalue weighted by molar-refractivity contribution is -0.0246. The summed E-state index contributed by atoms with van der Waals surface area (Å²) in [5.74, 6) is -0.336. The minimum Gasteiger partial charge on any atom is -0.382 e. The van der Waals surface area contributed by atoms with Gasteiger partial charge in [0.2, 0.25) is 6.49 Å². The smallest absolute Gasteiger partial charge is 0.382 e. The molecule has 6 rings (SSSR count). The van der Waals surface area contributed by atoms with Gasteiger partial charge in [0.1, 0.15) is 47.8 Å². The summed E-state index contributed by atoms with van der Waals surface area (Å²) < 4.78 is 37.6. The lowest BCUT2D eigenvalue weighted by atomic mass is 10.0. The zero-order valence-corrected chi connectivity index (χ0v) is 25.6. The van der Waals surface area contributed by atoms with Crippen LogP contribution >= 0.6 is 26.1 Å². The Balaban J connectivity index is 1.18. The van der Waals surface area contributed by atoms with E-state index >= 15 is 0 Å². The molecule has 2 fully saturated rings. The third-order valence-corrected chi connectivity index (χ3v) is 11.2. The van der Waals surface area contributed by atoms with Crippen LogP contribution in [0, 0.1) is 5.92 Å². The summed E-state index contributed by atoms with van der Waals surface area (Å²) in [5, 5.41) is 0.152. The molecule has 6 N–H and O–H groups in total.